The van der Waals surface area contributed by atoms with Crippen molar-refractivity contribution in [3.05, 3.63) is 0 Å². The zero-order valence-corrected chi connectivity index (χ0v) is 14.3. The molecular weight excluding hydrogens is 300 g/mol. The Morgan fingerprint density at radius 2 is 1.65 bits per heavy atom. The molecule has 7 heteroatoms. The highest BCUT2D eigenvalue weighted by Gasteiger charge is 2.40. The number of hydrogen-bond acceptors (Lipinski definition) is 4. The Balaban J connectivity index is 2.24. The number of aliphatic carboxylic acids is 1. The Morgan fingerprint density at radius 3 is 2.22 bits per heavy atom. The number of ether oxygens (including phenoxy) is 1. The molecule has 0 spiro atoms. The predicted molar refractivity (Wildman–Crippen MR) is 84.9 cm³/mol. The van der Waals surface area contributed by atoms with Crippen molar-refractivity contribution in [2.75, 3.05) is 13.1 Å². The van der Waals surface area contributed by atoms with Gasteiger partial charge in [-0.2, -0.15) is 0 Å². The van der Waals surface area contributed by atoms with Crippen molar-refractivity contribution in [3.63, 3.8) is 0 Å². The quantitative estimate of drug-likeness (QED) is 0.645. The van der Waals surface area contributed by atoms with Gasteiger partial charge in [-0.15, -0.1) is 0 Å². The van der Waals surface area contributed by atoms with Gasteiger partial charge in [0, 0.05) is 13.1 Å². The highest BCUT2D eigenvalue weighted by atomic mass is 16.6. The summed E-state index contributed by atoms with van der Waals surface area (Å²) >= 11 is 0. The van der Waals surface area contributed by atoms with E-state index in [0.29, 0.717) is 32.4 Å². The molecule has 1 rings (SSSR count). The molecule has 1 aliphatic rings. The van der Waals surface area contributed by atoms with Gasteiger partial charge in [0.2, 0.25) is 5.91 Å². The number of amides is 2. The standard InChI is InChI=1S/C16H28N2O5/c1-10-8-11(12(9-10)14(20)21)13(19)17-6-5-7-18-15(22)23-16(2,3)4/h10-12H,5-9H2,1-4H3,(H,17,19)(H,18,22)(H,20,21). The van der Waals surface area contributed by atoms with Crippen LogP contribution in [0.25, 0.3) is 0 Å². The third-order valence-corrected chi connectivity index (χ3v) is 3.77. The molecule has 0 saturated heterocycles. The number of rotatable bonds is 6. The van der Waals surface area contributed by atoms with E-state index in [1.165, 1.54) is 0 Å². The molecule has 0 radical (unpaired) electrons. The minimum atomic E-state index is -0.902. The first kappa shape index (κ1) is 19.3. The largest absolute Gasteiger partial charge is 0.481 e. The molecule has 0 aromatic carbocycles. The Kier molecular flexibility index (Phi) is 6.84. The fraction of sp³-hybridized carbons (Fsp3) is 0.812. The number of carboxylic acids is 1. The van der Waals surface area contributed by atoms with Gasteiger partial charge in [-0.3, -0.25) is 9.59 Å². The molecule has 0 heterocycles. The number of carbonyl (C=O) groups is 3. The van der Waals surface area contributed by atoms with E-state index >= 15 is 0 Å². The van der Waals surface area contributed by atoms with Gasteiger partial charge in [0.1, 0.15) is 5.60 Å². The normalized spacial score (nSPS) is 24.1. The fourth-order valence-corrected chi connectivity index (χ4v) is 2.79. The highest BCUT2D eigenvalue weighted by Crippen LogP contribution is 2.36. The third-order valence-electron chi connectivity index (χ3n) is 3.77. The summed E-state index contributed by atoms with van der Waals surface area (Å²) in [6, 6.07) is 0. The molecule has 3 N–H and O–H groups in total. The van der Waals surface area contributed by atoms with E-state index in [9.17, 15) is 19.5 Å². The van der Waals surface area contributed by atoms with Crippen LogP contribution in [0.15, 0.2) is 0 Å². The topological polar surface area (TPSA) is 105 Å². The van der Waals surface area contributed by atoms with Gasteiger partial charge in [-0.05, 0) is 46.0 Å². The van der Waals surface area contributed by atoms with Crippen molar-refractivity contribution in [3.8, 4) is 0 Å². The van der Waals surface area contributed by atoms with E-state index < -0.39 is 29.5 Å². The fourth-order valence-electron chi connectivity index (χ4n) is 2.79. The lowest BCUT2D eigenvalue weighted by molar-refractivity contribution is -0.146. The summed E-state index contributed by atoms with van der Waals surface area (Å²) in [7, 11) is 0. The Morgan fingerprint density at radius 1 is 1.09 bits per heavy atom. The summed E-state index contributed by atoms with van der Waals surface area (Å²) in [5.74, 6) is -1.91. The summed E-state index contributed by atoms with van der Waals surface area (Å²) in [5, 5.41) is 14.5. The average Bonchev–Trinajstić information content (AvgIpc) is 2.78. The minimum Gasteiger partial charge on any atom is -0.481 e. The van der Waals surface area contributed by atoms with Gasteiger partial charge in [0.05, 0.1) is 11.8 Å². The van der Waals surface area contributed by atoms with E-state index in [-0.39, 0.29) is 11.8 Å². The highest BCUT2D eigenvalue weighted by molar-refractivity contribution is 5.85. The second-order valence-electron chi connectivity index (χ2n) is 7.20. The molecule has 1 saturated carbocycles. The maximum atomic E-state index is 12.1. The molecular formula is C16H28N2O5. The molecule has 0 bridgehead atoms. The Bertz CT molecular complexity index is 444. The van der Waals surface area contributed by atoms with Crippen molar-refractivity contribution in [2.45, 2.75) is 52.6 Å². The van der Waals surface area contributed by atoms with Crippen molar-refractivity contribution in [1.82, 2.24) is 10.6 Å². The molecule has 3 unspecified atom stereocenters. The van der Waals surface area contributed by atoms with Gasteiger partial charge in [-0.1, -0.05) is 6.92 Å². The first-order valence-corrected chi connectivity index (χ1v) is 8.07. The van der Waals surface area contributed by atoms with Crippen LogP contribution in [0.3, 0.4) is 0 Å². The molecule has 7 nitrogen and oxygen atoms in total. The average molecular weight is 328 g/mol. The van der Waals surface area contributed by atoms with Crippen molar-refractivity contribution in [1.29, 1.82) is 0 Å². The monoisotopic (exact) mass is 328 g/mol. The van der Waals surface area contributed by atoms with E-state index in [0.717, 1.165) is 0 Å². The van der Waals surface area contributed by atoms with Crippen molar-refractivity contribution in [2.24, 2.45) is 17.8 Å². The number of hydrogen-bond donors (Lipinski definition) is 3. The SMILES string of the molecule is CC1CC(C(=O)O)C(C(=O)NCCCNC(=O)OC(C)(C)C)C1. The molecule has 1 fully saturated rings. The summed E-state index contributed by atoms with van der Waals surface area (Å²) in [6.45, 7) is 8.11. The van der Waals surface area contributed by atoms with Gasteiger partial charge in [-0.25, -0.2) is 4.79 Å². The lowest BCUT2D eigenvalue weighted by atomic mass is 9.95. The maximum absolute atomic E-state index is 12.1. The molecule has 0 aliphatic heterocycles. The summed E-state index contributed by atoms with van der Waals surface area (Å²) in [6.07, 6.45) is 1.23. The van der Waals surface area contributed by atoms with E-state index in [1.54, 1.807) is 20.8 Å². The lowest BCUT2D eigenvalue weighted by Crippen LogP contribution is -2.37. The Labute approximate surface area is 137 Å². The van der Waals surface area contributed by atoms with Gasteiger partial charge in [0.15, 0.2) is 0 Å². The van der Waals surface area contributed by atoms with E-state index in [2.05, 4.69) is 10.6 Å². The molecule has 0 aromatic heterocycles. The van der Waals surface area contributed by atoms with Crippen molar-refractivity contribution >= 4 is 18.0 Å². The van der Waals surface area contributed by atoms with Gasteiger partial charge >= 0.3 is 12.1 Å². The zero-order valence-electron chi connectivity index (χ0n) is 14.3. The minimum absolute atomic E-state index is 0.209. The van der Waals surface area contributed by atoms with E-state index in [4.69, 9.17) is 4.74 Å². The van der Waals surface area contributed by atoms with Crippen LogP contribution in [0.5, 0.6) is 0 Å². The second-order valence-corrected chi connectivity index (χ2v) is 7.20. The molecule has 23 heavy (non-hydrogen) atoms. The second kappa shape index (κ2) is 8.17. The van der Waals surface area contributed by atoms with E-state index in [1.807, 2.05) is 6.92 Å². The van der Waals surface area contributed by atoms with Crippen LogP contribution in [-0.4, -0.2) is 41.8 Å². The van der Waals surface area contributed by atoms with Crippen LogP contribution in [0, 0.1) is 17.8 Å². The van der Waals surface area contributed by atoms with Gasteiger partial charge in [0.25, 0.3) is 0 Å². The van der Waals surface area contributed by atoms with Crippen LogP contribution in [0.2, 0.25) is 0 Å². The summed E-state index contributed by atoms with van der Waals surface area (Å²) < 4.78 is 5.10. The predicted octanol–water partition coefficient (Wildman–Crippen LogP) is 1.76. The molecule has 3 atom stereocenters. The van der Waals surface area contributed by atoms with Crippen LogP contribution in [-0.2, 0) is 14.3 Å². The molecule has 1 aliphatic carbocycles. The van der Waals surface area contributed by atoms with Crippen LogP contribution < -0.4 is 10.6 Å². The summed E-state index contributed by atoms with van der Waals surface area (Å²) in [4.78, 5) is 34.7. The number of carbonyl (C=O) groups excluding carboxylic acids is 2. The van der Waals surface area contributed by atoms with Crippen molar-refractivity contribution < 1.29 is 24.2 Å². The third kappa shape index (κ3) is 6.88. The number of nitrogens with one attached hydrogen (secondary N) is 2. The number of carboxylic acid groups (broad SMARTS) is 1. The van der Waals surface area contributed by atoms with Gasteiger partial charge < -0.3 is 20.5 Å². The molecule has 132 valence electrons. The first-order valence-electron chi connectivity index (χ1n) is 8.07. The summed E-state index contributed by atoms with van der Waals surface area (Å²) in [5.41, 5.74) is -0.538. The van der Waals surface area contributed by atoms with Crippen LogP contribution >= 0.6 is 0 Å². The molecule has 0 aromatic rings. The first-order chi connectivity index (χ1) is 10.6. The zero-order chi connectivity index (χ0) is 17.6. The number of alkyl carbamates (subject to hydrolysis) is 1. The van der Waals surface area contributed by atoms with Crippen LogP contribution in [0.4, 0.5) is 4.79 Å². The maximum Gasteiger partial charge on any atom is 0.407 e. The Hall–Kier alpha value is -1.79. The smallest absolute Gasteiger partial charge is 0.407 e. The molecule has 2 amide bonds. The lowest BCUT2D eigenvalue weighted by Gasteiger charge is -2.19. The van der Waals surface area contributed by atoms with Crippen LogP contribution in [0.1, 0.15) is 47.0 Å².